The molecule has 0 aromatic heterocycles. The summed E-state index contributed by atoms with van der Waals surface area (Å²) in [7, 11) is 0. The maximum Gasteiger partial charge on any atom is 0.242 e. The van der Waals surface area contributed by atoms with E-state index >= 15 is 0 Å². The lowest BCUT2D eigenvalue weighted by Crippen LogP contribution is -2.46. The fourth-order valence-corrected chi connectivity index (χ4v) is 2.23. The lowest BCUT2D eigenvalue weighted by atomic mass is 10.1. The first-order valence-corrected chi connectivity index (χ1v) is 6.99. The minimum atomic E-state index is -0.241. The van der Waals surface area contributed by atoms with Crippen molar-refractivity contribution in [1.82, 2.24) is 10.2 Å². The number of hydrogen-bond acceptors (Lipinski definition) is 2. The number of carbonyl (C=O) groups is 2. The molecule has 0 spiro atoms. The number of nitrogens with zero attached hydrogens (tertiary/aromatic N) is 1. The highest BCUT2D eigenvalue weighted by molar-refractivity contribution is 5.88. The lowest BCUT2D eigenvalue weighted by molar-refractivity contribution is -0.139. The Kier molecular flexibility index (Phi) is 5.63. The third-order valence-electron chi connectivity index (χ3n) is 3.14. The second-order valence-electron chi connectivity index (χ2n) is 5.98. The van der Waals surface area contributed by atoms with E-state index in [0.29, 0.717) is 24.8 Å². The van der Waals surface area contributed by atoms with Crippen molar-refractivity contribution in [2.24, 2.45) is 11.8 Å². The summed E-state index contributed by atoms with van der Waals surface area (Å²) in [5, 5.41) is 2.93. The molecule has 0 radical (unpaired) electrons. The largest absolute Gasteiger partial charge is 0.354 e. The van der Waals surface area contributed by atoms with Crippen LogP contribution in [-0.4, -0.2) is 35.8 Å². The van der Waals surface area contributed by atoms with Crippen LogP contribution in [0.5, 0.6) is 0 Å². The number of rotatable bonds is 5. The first-order valence-electron chi connectivity index (χ1n) is 6.99. The molecule has 0 saturated carbocycles. The zero-order valence-corrected chi connectivity index (χ0v) is 12.0. The van der Waals surface area contributed by atoms with Crippen molar-refractivity contribution in [3.63, 3.8) is 0 Å². The Balaban J connectivity index is 2.53. The van der Waals surface area contributed by atoms with E-state index < -0.39 is 0 Å². The van der Waals surface area contributed by atoms with Crippen LogP contribution in [0.1, 0.15) is 47.0 Å². The van der Waals surface area contributed by atoms with Gasteiger partial charge in [-0.3, -0.25) is 9.59 Å². The molecule has 0 aromatic carbocycles. The first-order chi connectivity index (χ1) is 8.41. The summed E-state index contributed by atoms with van der Waals surface area (Å²) in [6.07, 6.45) is 2.27. The Morgan fingerprint density at radius 1 is 1.22 bits per heavy atom. The highest BCUT2D eigenvalue weighted by atomic mass is 16.2. The zero-order chi connectivity index (χ0) is 13.7. The predicted octanol–water partition coefficient (Wildman–Crippen LogP) is 1.80. The molecule has 1 aliphatic rings. The van der Waals surface area contributed by atoms with Crippen molar-refractivity contribution in [3.8, 4) is 0 Å². The Morgan fingerprint density at radius 2 is 1.89 bits per heavy atom. The summed E-state index contributed by atoms with van der Waals surface area (Å²) in [5.41, 5.74) is 0. The van der Waals surface area contributed by atoms with E-state index in [9.17, 15) is 9.59 Å². The molecule has 1 N–H and O–H groups in total. The average Bonchev–Trinajstić information content (AvgIpc) is 2.73. The van der Waals surface area contributed by atoms with Crippen molar-refractivity contribution in [3.05, 3.63) is 0 Å². The minimum absolute atomic E-state index is 0.0123. The molecule has 0 unspecified atom stereocenters. The third kappa shape index (κ3) is 4.31. The summed E-state index contributed by atoms with van der Waals surface area (Å²) in [6.45, 7) is 9.60. The highest BCUT2D eigenvalue weighted by Crippen LogP contribution is 2.19. The predicted molar refractivity (Wildman–Crippen MR) is 72.0 cm³/mol. The topological polar surface area (TPSA) is 49.4 Å². The van der Waals surface area contributed by atoms with Crippen LogP contribution >= 0.6 is 0 Å². The summed E-state index contributed by atoms with van der Waals surface area (Å²) >= 11 is 0. The van der Waals surface area contributed by atoms with E-state index in [1.165, 1.54) is 0 Å². The molecule has 0 aromatic rings. The van der Waals surface area contributed by atoms with Crippen LogP contribution in [0.3, 0.4) is 0 Å². The summed E-state index contributed by atoms with van der Waals surface area (Å²) in [5.74, 6) is 0.915. The van der Waals surface area contributed by atoms with Crippen LogP contribution in [0, 0.1) is 11.8 Å². The van der Waals surface area contributed by atoms with Crippen LogP contribution in [0.25, 0.3) is 0 Å². The van der Waals surface area contributed by atoms with E-state index in [4.69, 9.17) is 0 Å². The van der Waals surface area contributed by atoms with Gasteiger partial charge in [-0.15, -0.1) is 0 Å². The first kappa shape index (κ1) is 15.0. The second-order valence-corrected chi connectivity index (χ2v) is 5.98. The van der Waals surface area contributed by atoms with Gasteiger partial charge < -0.3 is 10.2 Å². The lowest BCUT2D eigenvalue weighted by Gasteiger charge is -2.25. The van der Waals surface area contributed by atoms with Gasteiger partial charge in [-0.2, -0.15) is 0 Å². The molecular weight excluding hydrogens is 228 g/mol. The maximum atomic E-state index is 12.1. The summed E-state index contributed by atoms with van der Waals surface area (Å²) in [4.78, 5) is 25.9. The molecule has 1 fully saturated rings. The van der Waals surface area contributed by atoms with Gasteiger partial charge in [0, 0.05) is 19.5 Å². The van der Waals surface area contributed by atoms with Crippen LogP contribution < -0.4 is 5.32 Å². The molecule has 2 amide bonds. The van der Waals surface area contributed by atoms with Crippen LogP contribution in [0.15, 0.2) is 0 Å². The number of hydrogen-bond donors (Lipinski definition) is 1. The average molecular weight is 254 g/mol. The van der Waals surface area contributed by atoms with Gasteiger partial charge >= 0.3 is 0 Å². The Morgan fingerprint density at radius 3 is 2.44 bits per heavy atom. The van der Waals surface area contributed by atoms with E-state index in [-0.39, 0.29) is 17.9 Å². The van der Waals surface area contributed by atoms with E-state index in [0.717, 1.165) is 19.4 Å². The van der Waals surface area contributed by atoms with Crippen LogP contribution in [0.2, 0.25) is 0 Å². The molecule has 1 atom stereocenters. The van der Waals surface area contributed by atoms with E-state index in [1.54, 1.807) is 4.90 Å². The van der Waals surface area contributed by atoms with Gasteiger partial charge in [-0.1, -0.05) is 27.7 Å². The number of nitrogens with one attached hydrogen (secondary N) is 1. The van der Waals surface area contributed by atoms with Gasteiger partial charge in [0.15, 0.2) is 0 Å². The van der Waals surface area contributed by atoms with Crippen LogP contribution in [-0.2, 0) is 9.59 Å². The Labute approximate surface area is 110 Å². The van der Waals surface area contributed by atoms with Crippen molar-refractivity contribution in [2.75, 3.05) is 13.1 Å². The normalized spacial score (nSPS) is 19.7. The molecule has 1 saturated heterocycles. The molecule has 1 rings (SSSR count). The standard InChI is InChI=1S/C14H26N2O2/c1-10(2)8-13(17)16-7-5-6-12(16)14(18)15-9-11(3)4/h10-12H,5-9H2,1-4H3,(H,15,18)/t12-/m0/s1. The van der Waals surface area contributed by atoms with Gasteiger partial charge in [-0.25, -0.2) is 0 Å². The molecule has 18 heavy (non-hydrogen) atoms. The maximum absolute atomic E-state index is 12.1. The van der Waals surface area contributed by atoms with E-state index in [2.05, 4.69) is 19.2 Å². The van der Waals surface area contributed by atoms with Crippen molar-refractivity contribution < 1.29 is 9.59 Å². The number of likely N-dealkylation sites (tertiary alicyclic amines) is 1. The molecule has 1 heterocycles. The SMILES string of the molecule is CC(C)CNC(=O)[C@@H]1CCCN1C(=O)CC(C)C. The van der Waals surface area contributed by atoms with Gasteiger partial charge in [0.25, 0.3) is 0 Å². The van der Waals surface area contributed by atoms with Gasteiger partial charge in [0.1, 0.15) is 6.04 Å². The highest BCUT2D eigenvalue weighted by Gasteiger charge is 2.33. The number of amides is 2. The molecule has 4 nitrogen and oxygen atoms in total. The van der Waals surface area contributed by atoms with Gasteiger partial charge in [0.05, 0.1) is 0 Å². The Bertz CT molecular complexity index is 300. The smallest absolute Gasteiger partial charge is 0.242 e. The third-order valence-corrected chi connectivity index (χ3v) is 3.14. The summed E-state index contributed by atoms with van der Waals surface area (Å²) < 4.78 is 0. The second kappa shape index (κ2) is 6.76. The minimum Gasteiger partial charge on any atom is -0.354 e. The quantitative estimate of drug-likeness (QED) is 0.813. The molecule has 4 heteroatoms. The van der Waals surface area contributed by atoms with E-state index in [1.807, 2.05) is 13.8 Å². The van der Waals surface area contributed by atoms with Crippen molar-refractivity contribution in [1.29, 1.82) is 0 Å². The number of carbonyl (C=O) groups excluding carboxylic acids is 2. The molecule has 104 valence electrons. The molecule has 0 aliphatic carbocycles. The summed E-state index contributed by atoms with van der Waals surface area (Å²) in [6, 6.07) is -0.241. The van der Waals surface area contributed by atoms with Crippen LogP contribution in [0.4, 0.5) is 0 Å². The molecule has 1 aliphatic heterocycles. The molecule has 0 bridgehead atoms. The zero-order valence-electron chi connectivity index (χ0n) is 12.0. The fourth-order valence-electron chi connectivity index (χ4n) is 2.23. The Hall–Kier alpha value is -1.06. The fraction of sp³-hybridized carbons (Fsp3) is 0.857. The molecular formula is C14H26N2O2. The van der Waals surface area contributed by atoms with Gasteiger partial charge in [0.2, 0.25) is 11.8 Å². The van der Waals surface area contributed by atoms with Crippen molar-refractivity contribution in [2.45, 2.75) is 53.0 Å². The monoisotopic (exact) mass is 254 g/mol. The van der Waals surface area contributed by atoms with Gasteiger partial charge in [-0.05, 0) is 24.7 Å². The van der Waals surface area contributed by atoms with Crippen molar-refractivity contribution >= 4 is 11.8 Å².